The minimum absolute atomic E-state index is 0.260. The molecule has 0 amide bonds. The molecule has 5 heteroatoms. The quantitative estimate of drug-likeness (QED) is 0.614. The van der Waals surface area contributed by atoms with Gasteiger partial charge in [0.05, 0.1) is 0 Å². The van der Waals surface area contributed by atoms with Crippen molar-refractivity contribution in [2.24, 2.45) is 4.99 Å². The SMILES string of the molecule is O=c1cc(/N=C/c2ccccc2)[nH]c(=S)[nH]1. The highest BCUT2D eigenvalue weighted by atomic mass is 32.1. The average Bonchev–Trinajstić information content (AvgIpc) is 2.27. The molecule has 0 spiro atoms. The van der Waals surface area contributed by atoms with E-state index in [9.17, 15) is 4.79 Å². The van der Waals surface area contributed by atoms with Crippen LogP contribution in [0.25, 0.3) is 0 Å². The zero-order chi connectivity index (χ0) is 11.4. The molecule has 0 unspecified atom stereocenters. The fraction of sp³-hybridized carbons (Fsp3) is 0. The van der Waals surface area contributed by atoms with Crippen LogP contribution in [0, 0.1) is 4.77 Å². The number of hydrogen-bond acceptors (Lipinski definition) is 3. The largest absolute Gasteiger partial charge is 0.317 e. The van der Waals surface area contributed by atoms with Crippen molar-refractivity contribution >= 4 is 24.3 Å². The molecule has 1 heterocycles. The fourth-order valence-electron chi connectivity index (χ4n) is 1.21. The highest BCUT2D eigenvalue weighted by molar-refractivity contribution is 7.71. The summed E-state index contributed by atoms with van der Waals surface area (Å²) in [5.41, 5.74) is 0.700. The predicted molar refractivity (Wildman–Crippen MR) is 65.9 cm³/mol. The smallest absolute Gasteiger partial charge is 0.253 e. The van der Waals surface area contributed by atoms with E-state index in [1.54, 1.807) is 6.21 Å². The summed E-state index contributed by atoms with van der Waals surface area (Å²) >= 11 is 4.83. The maximum Gasteiger partial charge on any atom is 0.253 e. The Kier molecular flexibility index (Phi) is 3.07. The van der Waals surface area contributed by atoms with Crippen molar-refractivity contribution in [3.63, 3.8) is 0 Å². The Morgan fingerprint density at radius 1 is 1.19 bits per heavy atom. The van der Waals surface area contributed by atoms with E-state index in [-0.39, 0.29) is 10.3 Å². The van der Waals surface area contributed by atoms with E-state index in [0.29, 0.717) is 5.82 Å². The molecule has 1 aromatic carbocycles. The van der Waals surface area contributed by atoms with Crippen LogP contribution in [0.3, 0.4) is 0 Å². The van der Waals surface area contributed by atoms with Crippen LogP contribution in [-0.4, -0.2) is 16.2 Å². The fourth-order valence-corrected chi connectivity index (χ4v) is 1.41. The number of benzene rings is 1. The third kappa shape index (κ3) is 2.74. The maximum absolute atomic E-state index is 11.1. The van der Waals surface area contributed by atoms with Crippen LogP contribution in [0.2, 0.25) is 0 Å². The zero-order valence-corrected chi connectivity index (χ0v) is 9.12. The number of nitrogens with zero attached hydrogens (tertiary/aromatic N) is 1. The van der Waals surface area contributed by atoms with Gasteiger partial charge in [0.15, 0.2) is 4.77 Å². The zero-order valence-electron chi connectivity index (χ0n) is 8.31. The van der Waals surface area contributed by atoms with Crippen LogP contribution in [0.15, 0.2) is 46.2 Å². The molecule has 0 aliphatic carbocycles. The van der Waals surface area contributed by atoms with E-state index >= 15 is 0 Å². The minimum atomic E-state index is -0.260. The van der Waals surface area contributed by atoms with E-state index in [1.807, 2.05) is 30.3 Å². The van der Waals surface area contributed by atoms with Crippen LogP contribution in [0.5, 0.6) is 0 Å². The average molecular weight is 231 g/mol. The van der Waals surface area contributed by atoms with Gasteiger partial charge in [0.25, 0.3) is 5.56 Å². The number of hydrogen-bond donors (Lipinski definition) is 2. The Bertz CT molecular complexity index is 585. The molecule has 4 nitrogen and oxygen atoms in total. The molecule has 0 fully saturated rings. The first kappa shape index (κ1) is 10.5. The molecular formula is C11H9N3OS. The molecule has 2 N–H and O–H groups in total. The molecule has 0 radical (unpaired) electrons. The highest BCUT2D eigenvalue weighted by Crippen LogP contribution is 2.03. The number of nitrogens with one attached hydrogen (secondary N) is 2. The maximum atomic E-state index is 11.1. The van der Waals surface area contributed by atoms with Crippen LogP contribution in [-0.2, 0) is 0 Å². The summed E-state index contributed by atoms with van der Waals surface area (Å²) in [6.07, 6.45) is 1.67. The van der Waals surface area contributed by atoms with Crippen LogP contribution >= 0.6 is 12.2 Å². The van der Waals surface area contributed by atoms with Gasteiger partial charge in [0, 0.05) is 12.3 Å². The molecule has 1 aromatic heterocycles. The van der Waals surface area contributed by atoms with Crippen LogP contribution in [0.1, 0.15) is 5.56 Å². The lowest BCUT2D eigenvalue weighted by Gasteiger charge is -1.93. The normalized spacial score (nSPS) is 10.8. The van der Waals surface area contributed by atoms with Gasteiger partial charge in [-0.25, -0.2) is 4.99 Å². The molecule has 0 aliphatic heterocycles. The number of H-pyrrole nitrogens is 2. The number of aromatic amines is 2. The van der Waals surface area contributed by atoms with Crippen LogP contribution < -0.4 is 5.56 Å². The first-order chi connectivity index (χ1) is 7.74. The van der Waals surface area contributed by atoms with Gasteiger partial charge in [-0.2, -0.15) is 0 Å². The summed E-state index contributed by atoms with van der Waals surface area (Å²) in [5, 5.41) is 0. The molecule has 80 valence electrons. The van der Waals surface area contributed by atoms with Crippen molar-refractivity contribution in [3.8, 4) is 0 Å². The second-order valence-corrected chi connectivity index (χ2v) is 3.55. The van der Waals surface area contributed by atoms with Gasteiger partial charge in [0.1, 0.15) is 5.82 Å². The number of aliphatic imine (C=N–C) groups is 1. The summed E-state index contributed by atoms with van der Waals surface area (Å²) < 4.78 is 0.271. The van der Waals surface area contributed by atoms with Gasteiger partial charge in [-0.1, -0.05) is 30.3 Å². The van der Waals surface area contributed by atoms with E-state index < -0.39 is 0 Å². The van der Waals surface area contributed by atoms with Crippen molar-refractivity contribution in [3.05, 3.63) is 57.1 Å². The first-order valence-corrected chi connectivity index (χ1v) is 5.08. The summed E-state index contributed by atoms with van der Waals surface area (Å²) in [6, 6.07) is 11.0. The van der Waals surface area contributed by atoms with E-state index in [0.717, 1.165) is 5.56 Å². The molecule has 0 bridgehead atoms. The molecular weight excluding hydrogens is 222 g/mol. The van der Waals surface area contributed by atoms with Crippen molar-refractivity contribution in [2.45, 2.75) is 0 Å². The van der Waals surface area contributed by atoms with E-state index in [4.69, 9.17) is 12.2 Å². The standard InChI is InChI=1S/C11H9N3OS/c15-10-6-9(13-11(16)14-10)12-7-8-4-2-1-3-5-8/h1-7H,(H2,13,14,15,16)/b12-7+. The third-order valence-corrected chi connectivity index (χ3v) is 2.10. The predicted octanol–water partition coefficient (Wildman–Crippen LogP) is 2.18. The lowest BCUT2D eigenvalue weighted by Crippen LogP contribution is -2.04. The van der Waals surface area contributed by atoms with Crippen molar-refractivity contribution in [2.75, 3.05) is 0 Å². The van der Waals surface area contributed by atoms with Gasteiger partial charge in [-0.3, -0.25) is 9.78 Å². The highest BCUT2D eigenvalue weighted by Gasteiger charge is 1.91. The Labute approximate surface area is 96.7 Å². The lowest BCUT2D eigenvalue weighted by molar-refractivity contribution is 1.08. The Morgan fingerprint density at radius 2 is 1.94 bits per heavy atom. The summed E-state index contributed by atoms with van der Waals surface area (Å²) in [7, 11) is 0. The Hall–Kier alpha value is -2.01. The van der Waals surface area contributed by atoms with Crippen molar-refractivity contribution in [1.82, 2.24) is 9.97 Å². The molecule has 0 saturated heterocycles. The topological polar surface area (TPSA) is 61.0 Å². The van der Waals surface area contributed by atoms with Gasteiger partial charge >= 0.3 is 0 Å². The second-order valence-electron chi connectivity index (χ2n) is 3.14. The van der Waals surface area contributed by atoms with Crippen molar-refractivity contribution < 1.29 is 0 Å². The van der Waals surface area contributed by atoms with Gasteiger partial charge in [-0.15, -0.1) is 0 Å². The Morgan fingerprint density at radius 3 is 2.62 bits per heavy atom. The van der Waals surface area contributed by atoms with Crippen LogP contribution in [0.4, 0.5) is 5.82 Å². The molecule has 2 aromatic rings. The number of aromatic nitrogens is 2. The van der Waals surface area contributed by atoms with Crippen molar-refractivity contribution in [1.29, 1.82) is 0 Å². The lowest BCUT2D eigenvalue weighted by atomic mass is 10.2. The summed E-state index contributed by atoms with van der Waals surface area (Å²) in [5.74, 6) is 0.442. The molecule has 16 heavy (non-hydrogen) atoms. The first-order valence-electron chi connectivity index (χ1n) is 4.67. The summed E-state index contributed by atoms with van der Waals surface area (Å²) in [6.45, 7) is 0. The molecule has 0 saturated carbocycles. The monoisotopic (exact) mass is 231 g/mol. The number of rotatable bonds is 2. The second kappa shape index (κ2) is 4.67. The molecule has 0 atom stereocenters. The van der Waals surface area contributed by atoms with E-state index in [2.05, 4.69) is 15.0 Å². The summed E-state index contributed by atoms with van der Waals surface area (Å²) in [4.78, 5) is 20.5. The third-order valence-electron chi connectivity index (χ3n) is 1.90. The molecule has 0 aliphatic rings. The van der Waals surface area contributed by atoms with Gasteiger partial charge < -0.3 is 4.98 Å². The van der Waals surface area contributed by atoms with Gasteiger partial charge in [0.2, 0.25) is 0 Å². The molecule has 2 rings (SSSR count). The van der Waals surface area contributed by atoms with E-state index in [1.165, 1.54) is 6.07 Å². The minimum Gasteiger partial charge on any atom is -0.317 e. The Balaban J connectivity index is 2.31. The van der Waals surface area contributed by atoms with Gasteiger partial charge in [-0.05, 0) is 17.8 Å².